The van der Waals surface area contributed by atoms with Gasteiger partial charge in [-0.2, -0.15) is 0 Å². The van der Waals surface area contributed by atoms with Crippen molar-refractivity contribution in [1.29, 1.82) is 0 Å². The number of nitrogens with two attached hydrogens (primary N) is 2. The summed E-state index contributed by atoms with van der Waals surface area (Å²) in [5.74, 6) is -0.759. The number of nitrogens with zero attached hydrogens (tertiary/aromatic N) is 1. The fourth-order valence-electron chi connectivity index (χ4n) is 2.27. The van der Waals surface area contributed by atoms with Crippen LogP contribution in [0.5, 0.6) is 0 Å². The van der Waals surface area contributed by atoms with E-state index in [1.165, 1.54) is 4.90 Å². The predicted molar refractivity (Wildman–Crippen MR) is 69.0 cm³/mol. The molecule has 100 valence electrons. The Labute approximate surface area is 110 Å². The minimum Gasteiger partial charge on any atom is -0.398 e. The van der Waals surface area contributed by atoms with Gasteiger partial charge in [0.1, 0.15) is 6.29 Å². The molecule has 0 aliphatic carbocycles. The third kappa shape index (κ3) is 2.42. The van der Waals surface area contributed by atoms with Crippen molar-refractivity contribution < 1.29 is 14.4 Å². The van der Waals surface area contributed by atoms with Crippen molar-refractivity contribution in [2.45, 2.75) is 25.4 Å². The molecular formula is C13H15N3O3. The molecule has 2 rings (SSSR count). The number of carbonyl (C=O) groups excluding carboxylic acids is 3. The number of hydrogen-bond donors (Lipinski definition) is 2. The van der Waals surface area contributed by atoms with Crippen LogP contribution in [0.3, 0.4) is 0 Å². The van der Waals surface area contributed by atoms with Crippen molar-refractivity contribution in [3.63, 3.8) is 0 Å². The van der Waals surface area contributed by atoms with Crippen LogP contribution in [0.25, 0.3) is 0 Å². The third-order valence-corrected chi connectivity index (χ3v) is 3.24. The summed E-state index contributed by atoms with van der Waals surface area (Å²) >= 11 is 0. The fraction of sp³-hybridized carbons (Fsp3) is 0.308. The van der Waals surface area contributed by atoms with Crippen LogP contribution in [0, 0.1) is 0 Å². The van der Waals surface area contributed by atoms with E-state index in [0.29, 0.717) is 24.1 Å². The lowest BCUT2D eigenvalue weighted by Crippen LogP contribution is -2.37. The predicted octanol–water partition coefficient (Wildman–Crippen LogP) is 0.0576. The molecule has 0 aromatic heterocycles. The molecule has 0 fully saturated rings. The van der Waals surface area contributed by atoms with Gasteiger partial charge in [-0.25, -0.2) is 0 Å². The van der Waals surface area contributed by atoms with Gasteiger partial charge in [0.15, 0.2) is 0 Å². The van der Waals surface area contributed by atoms with Crippen LogP contribution >= 0.6 is 0 Å². The van der Waals surface area contributed by atoms with Gasteiger partial charge in [0.25, 0.3) is 5.91 Å². The van der Waals surface area contributed by atoms with Crippen LogP contribution in [-0.2, 0) is 16.1 Å². The van der Waals surface area contributed by atoms with Crippen molar-refractivity contribution in [1.82, 2.24) is 4.90 Å². The van der Waals surface area contributed by atoms with E-state index in [1.54, 1.807) is 18.2 Å². The molecule has 6 heteroatoms. The van der Waals surface area contributed by atoms with Gasteiger partial charge in [0.2, 0.25) is 5.91 Å². The number of primary amides is 1. The second-order valence-electron chi connectivity index (χ2n) is 4.52. The first-order valence-corrected chi connectivity index (χ1v) is 5.96. The fourth-order valence-corrected chi connectivity index (χ4v) is 2.27. The number of hydrogen-bond acceptors (Lipinski definition) is 4. The van der Waals surface area contributed by atoms with Crippen LogP contribution in [0.2, 0.25) is 0 Å². The topological polar surface area (TPSA) is 106 Å². The van der Waals surface area contributed by atoms with Gasteiger partial charge in [-0.15, -0.1) is 0 Å². The van der Waals surface area contributed by atoms with Crippen LogP contribution in [0.1, 0.15) is 28.8 Å². The first kappa shape index (κ1) is 13.1. The summed E-state index contributed by atoms with van der Waals surface area (Å²) in [6.45, 7) is 0.335. The first-order chi connectivity index (χ1) is 9.04. The Kier molecular flexibility index (Phi) is 3.50. The highest BCUT2D eigenvalue weighted by Gasteiger charge is 2.33. The molecular weight excluding hydrogens is 246 g/mol. The number of anilines is 1. The van der Waals surface area contributed by atoms with Crippen molar-refractivity contribution in [3.05, 3.63) is 29.3 Å². The molecule has 1 aliphatic rings. The third-order valence-electron chi connectivity index (χ3n) is 3.24. The van der Waals surface area contributed by atoms with Crippen molar-refractivity contribution in [2.75, 3.05) is 5.73 Å². The molecule has 1 aromatic rings. The summed E-state index contributed by atoms with van der Waals surface area (Å²) in [6.07, 6.45) is 0.973. The molecule has 1 aliphatic heterocycles. The Bertz CT molecular complexity index is 542. The largest absolute Gasteiger partial charge is 0.398 e. The minimum atomic E-state index is -0.646. The summed E-state index contributed by atoms with van der Waals surface area (Å²) in [6, 6.07) is 4.58. The molecule has 1 unspecified atom stereocenters. The van der Waals surface area contributed by atoms with Crippen molar-refractivity contribution >= 4 is 23.8 Å². The van der Waals surface area contributed by atoms with Gasteiger partial charge in [-0.3, -0.25) is 9.59 Å². The zero-order valence-corrected chi connectivity index (χ0v) is 10.3. The monoisotopic (exact) mass is 261 g/mol. The lowest BCUT2D eigenvalue weighted by molar-refractivity contribution is -0.118. The molecule has 0 radical (unpaired) electrons. The molecule has 1 heterocycles. The normalized spacial score (nSPS) is 15.2. The maximum absolute atomic E-state index is 12.2. The number of fused-ring (bicyclic) bond motifs is 1. The van der Waals surface area contributed by atoms with Gasteiger partial charge in [0.05, 0.1) is 11.6 Å². The van der Waals surface area contributed by atoms with Crippen molar-refractivity contribution in [2.24, 2.45) is 5.73 Å². The zero-order valence-electron chi connectivity index (χ0n) is 10.3. The molecule has 4 N–H and O–H groups in total. The Morgan fingerprint density at radius 3 is 2.79 bits per heavy atom. The Morgan fingerprint density at radius 2 is 2.21 bits per heavy atom. The second kappa shape index (κ2) is 5.09. The average molecular weight is 261 g/mol. The van der Waals surface area contributed by atoms with E-state index in [-0.39, 0.29) is 18.7 Å². The van der Waals surface area contributed by atoms with Crippen molar-refractivity contribution in [3.8, 4) is 0 Å². The Hall–Kier alpha value is -2.37. The number of rotatable bonds is 5. The standard InChI is InChI=1S/C13H15N3O3/c14-10-3-1-2-8-6-16(13(19)12(8)10)9(7-17)4-5-11(15)18/h1-3,7,9H,4-6,14H2,(H2,15,18). The number of benzene rings is 1. The molecule has 1 atom stereocenters. The Morgan fingerprint density at radius 1 is 1.47 bits per heavy atom. The lowest BCUT2D eigenvalue weighted by atomic mass is 10.1. The van der Waals surface area contributed by atoms with E-state index in [0.717, 1.165) is 5.56 Å². The van der Waals surface area contributed by atoms with E-state index < -0.39 is 11.9 Å². The average Bonchev–Trinajstić information content (AvgIpc) is 2.69. The van der Waals surface area contributed by atoms with E-state index >= 15 is 0 Å². The summed E-state index contributed by atoms with van der Waals surface area (Å²) in [7, 11) is 0. The van der Waals surface area contributed by atoms with E-state index in [1.807, 2.05) is 0 Å². The molecule has 0 spiro atoms. The number of carbonyl (C=O) groups is 3. The van der Waals surface area contributed by atoms with E-state index in [4.69, 9.17) is 11.5 Å². The summed E-state index contributed by atoms with van der Waals surface area (Å²) in [5, 5.41) is 0. The number of amides is 2. The zero-order chi connectivity index (χ0) is 14.0. The number of aldehydes is 1. The molecule has 0 saturated carbocycles. The Balaban J connectivity index is 2.20. The first-order valence-electron chi connectivity index (χ1n) is 5.96. The maximum Gasteiger partial charge on any atom is 0.257 e. The number of nitrogen functional groups attached to an aromatic ring is 1. The quantitative estimate of drug-likeness (QED) is 0.577. The van der Waals surface area contributed by atoms with Crippen LogP contribution in [0.4, 0.5) is 5.69 Å². The highest BCUT2D eigenvalue weighted by Crippen LogP contribution is 2.29. The smallest absolute Gasteiger partial charge is 0.257 e. The molecule has 2 amide bonds. The maximum atomic E-state index is 12.2. The van der Waals surface area contributed by atoms with Crippen LogP contribution < -0.4 is 11.5 Å². The van der Waals surface area contributed by atoms with E-state index in [2.05, 4.69) is 0 Å². The minimum absolute atomic E-state index is 0.0685. The molecule has 19 heavy (non-hydrogen) atoms. The second-order valence-corrected chi connectivity index (χ2v) is 4.52. The van der Waals surface area contributed by atoms with Gasteiger partial charge >= 0.3 is 0 Å². The van der Waals surface area contributed by atoms with Gasteiger partial charge in [-0.1, -0.05) is 12.1 Å². The molecule has 0 bridgehead atoms. The van der Waals surface area contributed by atoms with Crippen LogP contribution in [-0.4, -0.2) is 29.0 Å². The lowest BCUT2D eigenvalue weighted by Gasteiger charge is -2.22. The van der Waals surface area contributed by atoms with E-state index in [9.17, 15) is 14.4 Å². The molecule has 0 saturated heterocycles. The summed E-state index contributed by atoms with van der Waals surface area (Å²) in [5.41, 5.74) is 12.5. The SMILES string of the molecule is NC(=O)CCC(C=O)N1Cc2cccc(N)c2C1=O. The summed E-state index contributed by atoms with van der Waals surface area (Å²) < 4.78 is 0. The molecule has 1 aromatic carbocycles. The van der Waals surface area contributed by atoms with Gasteiger partial charge in [0, 0.05) is 18.7 Å². The molecule has 6 nitrogen and oxygen atoms in total. The summed E-state index contributed by atoms with van der Waals surface area (Å²) in [4.78, 5) is 35.5. The highest BCUT2D eigenvalue weighted by molar-refractivity contribution is 6.04. The highest BCUT2D eigenvalue weighted by atomic mass is 16.2. The van der Waals surface area contributed by atoms with Gasteiger partial charge in [-0.05, 0) is 18.1 Å². The van der Waals surface area contributed by atoms with Gasteiger partial charge < -0.3 is 21.2 Å². The van der Waals surface area contributed by atoms with Crippen LogP contribution in [0.15, 0.2) is 18.2 Å².